The number of nitrogens with zero attached hydrogens (tertiary/aromatic N) is 2. The number of nitrogens with one attached hydrogen (secondary N) is 1. The Morgan fingerprint density at radius 3 is 2.02 bits per heavy atom. The minimum Gasteiger partial charge on any atom is -0.457 e. The van der Waals surface area contributed by atoms with Gasteiger partial charge in [0.15, 0.2) is 0 Å². The molecule has 4 aromatic rings. The molecule has 9 heteroatoms. The average molecular weight is 614 g/mol. The highest BCUT2D eigenvalue weighted by atomic mass is 32.2. The molecule has 0 aromatic heterocycles. The van der Waals surface area contributed by atoms with Crippen molar-refractivity contribution in [3.63, 3.8) is 0 Å². The summed E-state index contributed by atoms with van der Waals surface area (Å²) < 4.78 is 35.2. The molecular formula is C35H39N3O5S. The molecule has 0 heterocycles. The molecule has 1 N–H and O–H groups in total. The largest absolute Gasteiger partial charge is 0.457 e. The molecule has 0 spiro atoms. The third-order valence-electron chi connectivity index (χ3n) is 7.33. The van der Waals surface area contributed by atoms with Gasteiger partial charge in [-0.15, -0.1) is 0 Å². The van der Waals surface area contributed by atoms with Crippen LogP contribution in [0.2, 0.25) is 0 Å². The number of aryl methyl sites for hydroxylation is 2. The zero-order chi connectivity index (χ0) is 31.7. The molecule has 0 aliphatic rings. The van der Waals surface area contributed by atoms with Crippen LogP contribution in [0, 0.1) is 13.8 Å². The Morgan fingerprint density at radius 2 is 1.41 bits per heavy atom. The Bertz CT molecular complexity index is 1660. The fourth-order valence-corrected chi connectivity index (χ4v) is 6.27. The Morgan fingerprint density at radius 1 is 0.795 bits per heavy atom. The highest BCUT2D eigenvalue weighted by Crippen LogP contribution is 2.29. The number of benzene rings is 4. The Labute approximate surface area is 260 Å². The van der Waals surface area contributed by atoms with Crippen molar-refractivity contribution in [2.45, 2.75) is 51.6 Å². The van der Waals surface area contributed by atoms with Gasteiger partial charge in [-0.2, -0.15) is 0 Å². The summed E-state index contributed by atoms with van der Waals surface area (Å²) in [6.07, 6.45) is 0.361. The first-order valence-corrected chi connectivity index (χ1v) is 16.1. The lowest BCUT2D eigenvalue weighted by Crippen LogP contribution is -2.52. The van der Waals surface area contributed by atoms with Crippen LogP contribution in [0.15, 0.2) is 108 Å². The molecule has 2 amide bonds. The molecule has 0 radical (unpaired) electrons. The number of carbonyl (C=O) groups excluding carboxylic acids is 2. The summed E-state index contributed by atoms with van der Waals surface area (Å²) in [7, 11) is -4.17. The third kappa shape index (κ3) is 7.85. The van der Waals surface area contributed by atoms with E-state index < -0.39 is 28.5 Å². The van der Waals surface area contributed by atoms with Crippen LogP contribution in [0.25, 0.3) is 0 Å². The Balaban J connectivity index is 1.73. The number of likely N-dealkylation sites (N-methyl/N-ethyl adjacent to an activating group) is 1. The minimum atomic E-state index is -4.17. The van der Waals surface area contributed by atoms with Crippen LogP contribution < -0.4 is 14.4 Å². The molecule has 0 aliphatic heterocycles. The number of carbonyl (C=O) groups is 2. The number of hydrogen-bond donors (Lipinski definition) is 1. The monoisotopic (exact) mass is 613 g/mol. The normalized spacial score (nSPS) is 11.8. The molecule has 0 bridgehead atoms. The second-order valence-electron chi connectivity index (χ2n) is 10.5. The summed E-state index contributed by atoms with van der Waals surface area (Å²) in [6, 6.07) is 29.2. The van der Waals surface area contributed by atoms with Crippen molar-refractivity contribution in [3.05, 3.63) is 120 Å². The molecule has 4 aromatic carbocycles. The van der Waals surface area contributed by atoms with E-state index in [1.54, 1.807) is 36.4 Å². The quantitative estimate of drug-likeness (QED) is 0.193. The van der Waals surface area contributed by atoms with Crippen LogP contribution in [-0.2, 0) is 26.2 Å². The van der Waals surface area contributed by atoms with Gasteiger partial charge in [0, 0.05) is 13.1 Å². The van der Waals surface area contributed by atoms with Crippen molar-refractivity contribution in [2.75, 3.05) is 17.4 Å². The van der Waals surface area contributed by atoms with Crippen molar-refractivity contribution < 1.29 is 22.7 Å². The molecule has 1 atom stereocenters. The van der Waals surface area contributed by atoms with Gasteiger partial charge in [-0.3, -0.25) is 13.9 Å². The van der Waals surface area contributed by atoms with Crippen molar-refractivity contribution in [1.29, 1.82) is 0 Å². The first kappa shape index (κ1) is 32.3. The van der Waals surface area contributed by atoms with Crippen LogP contribution in [-0.4, -0.2) is 44.3 Å². The minimum absolute atomic E-state index is 0.0572. The van der Waals surface area contributed by atoms with Crippen LogP contribution >= 0.6 is 0 Å². The number of sulfonamides is 1. The molecule has 44 heavy (non-hydrogen) atoms. The van der Waals surface area contributed by atoms with Crippen molar-refractivity contribution in [1.82, 2.24) is 10.2 Å². The van der Waals surface area contributed by atoms with Gasteiger partial charge in [-0.05, 0) is 86.8 Å². The second kappa shape index (κ2) is 14.7. The van der Waals surface area contributed by atoms with E-state index in [1.165, 1.54) is 17.0 Å². The number of ether oxygens (including phenoxy) is 1. The summed E-state index contributed by atoms with van der Waals surface area (Å²) in [6.45, 7) is 7.54. The topological polar surface area (TPSA) is 96.0 Å². The van der Waals surface area contributed by atoms with Crippen LogP contribution in [0.1, 0.15) is 37.0 Å². The van der Waals surface area contributed by atoms with E-state index in [0.29, 0.717) is 30.2 Å². The number of hydrogen-bond acceptors (Lipinski definition) is 5. The first-order chi connectivity index (χ1) is 21.1. The standard InChI is InChI=1S/C35H39N3O5S/c1-5-33(35(40)36-6-2)37(24-28-13-11-10-12-27(28)4)34(39)25-38(44(41,42)32-22-16-26(3)17-23-32)29-18-20-31(21-19-29)43-30-14-8-7-9-15-30/h7-23,33H,5-6,24-25H2,1-4H3,(H,36,40)/t33-/m1/s1. The zero-order valence-electron chi connectivity index (χ0n) is 25.6. The molecule has 230 valence electrons. The van der Waals surface area contributed by atoms with Crippen molar-refractivity contribution in [3.8, 4) is 11.5 Å². The highest BCUT2D eigenvalue weighted by molar-refractivity contribution is 7.92. The summed E-state index contributed by atoms with van der Waals surface area (Å²) in [4.78, 5) is 28.9. The van der Waals surface area contributed by atoms with Crippen LogP contribution in [0.4, 0.5) is 5.69 Å². The zero-order valence-corrected chi connectivity index (χ0v) is 26.4. The van der Waals surface area contributed by atoms with Gasteiger partial charge >= 0.3 is 0 Å². The predicted octanol–water partition coefficient (Wildman–Crippen LogP) is 6.23. The van der Waals surface area contributed by atoms with Gasteiger partial charge in [0.1, 0.15) is 24.1 Å². The first-order valence-electron chi connectivity index (χ1n) is 14.7. The lowest BCUT2D eigenvalue weighted by atomic mass is 10.1. The predicted molar refractivity (Wildman–Crippen MR) is 173 cm³/mol. The van der Waals surface area contributed by atoms with E-state index >= 15 is 0 Å². The van der Waals surface area contributed by atoms with Crippen LogP contribution in [0.3, 0.4) is 0 Å². The molecule has 0 saturated carbocycles. The van der Waals surface area contributed by atoms with E-state index in [1.807, 2.05) is 82.3 Å². The van der Waals surface area contributed by atoms with Gasteiger partial charge in [0.2, 0.25) is 11.8 Å². The van der Waals surface area contributed by atoms with Gasteiger partial charge in [-0.25, -0.2) is 8.42 Å². The smallest absolute Gasteiger partial charge is 0.264 e. The van der Waals surface area contributed by atoms with E-state index in [0.717, 1.165) is 21.0 Å². The van der Waals surface area contributed by atoms with Gasteiger partial charge in [0.05, 0.1) is 10.6 Å². The SMILES string of the molecule is CCNC(=O)[C@@H](CC)N(Cc1ccccc1C)C(=O)CN(c1ccc(Oc2ccccc2)cc1)S(=O)(=O)c1ccc(C)cc1. The van der Waals surface area contributed by atoms with E-state index in [9.17, 15) is 18.0 Å². The molecule has 0 unspecified atom stereocenters. The van der Waals surface area contributed by atoms with Crippen LogP contribution in [0.5, 0.6) is 11.5 Å². The van der Waals surface area contributed by atoms with Gasteiger partial charge in [-0.1, -0.05) is 67.1 Å². The fourth-order valence-electron chi connectivity index (χ4n) is 4.85. The van der Waals surface area contributed by atoms with Gasteiger partial charge < -0.3 is 15.0 Å². The number of amides is 2. The molecule has 4 rings (SSSR count). The molecule has 8 nitrogen and oxygen atoms in total. The number of rotatable bonds is 13. The maximum Gasteiger partial charge on any atom is 0.264 e. The van der Waals surface area contributed by atoms with Crippen molar-refractivity contribution >= 4 is 27.5 Å². The summed E-state index contributed by atoms with van der Waals surface area (Å²) in [5.41, 5.74) is 3.04. The van der Waals surface area contributed by atoms with E-state index in [2.05, 4.69) is 5.32 Å². The Hall–Kier alpha value is -4.63. The van der Waals surface area contributed by atoms with E-state index in [-0.39, 0.29) is 17.3 Å². The Kier molecular flexibility index (Phi) is 10.8. The fraction of sp³-hybridized carbons (Fsp3) is 0.257. The summed E-state index contributed by atoms with van der Waals surface area (Å²) >= 11 is 0. The molecule has 0 saturated heterocycles. The maximum atomic E-state index is 14.2. The number of para-hydroxylation sites is 1. The van der Waals surface area contributed by atoms with E-state index in [4.69, 9.17) is 4.74 Å². The summed E-state index contributed by atoms with van der Waals surface area (Å²) in [5.74, 6) is 0.378. The molecular weight excluding hydrogens is 574 g/mol. The lowest BCUT2D eigenvalue weighted by Gasteiger charge is -2.33. The maximum absolute atomic E-state index is 14.2. The van der Waals surface area contributed by atoms with Gasteiger partial charge in [0.25, 0.3) is 10.0 Å². The number of anilines is 1. The molecule has 0 aliphatic carbocycles. The summed E-state index contributed by atoms with van der Waals surface area (Å²) in [5, 5.41) is 2.83. The highest BCUT2D eigenvalue weighted by Gasteiger charge is 2.33. The lowest BCUT2D eigenvalue weighted by molar-refractivity contribution is -0.140. The van der Waals surface area contributed by atoms with Crippen molar-refractivity contribution in [2.24, 2.45) is 0 Å². The molecule has 0 fully saturated rings. The third-order valence-corrected chi connectivity index (χ3v) is 9.12. The second-order valence-corrected chi connectivity index (χ2v) is 12.4. The average Bonchev–Trinajstić information content (AvgIpc) is 3.02.